The highest BCUT2D eigenvalue weighted by atomic mass is 19.4. The molecule has 0 unspecified atom stereocenters. The average molecular weight is 302 g/mol. The number of rotatable bonds is 2. The van der Waals surface area contributed by atoms with Gasteiger partial charge in [-0.05, 0) is 22.9 Å². The highest BCUT2D eigenvalue weighted by molar-refractivity contribution is 5.95. The molecule has 2 rings (SSSR count). The third-order valence-electron chi connectivity index (χ3n) is 2.61. The Balaban J connectivity index is 2.32. The third-order valence-corrected chi connectivity index (χ3v) is 2.61. The predicted octanol–water partition coefficient (Wildman–Crippen LogP) is 4.67. The number of benzene rings is 2. The van der Waals surface area contributed by atoms with Crippen molar-refractivity contribution in [1.29, 1.82) is 0 Å². The molecule has 110 valence electrons. The van der Waals surface area contributed by atoms with Crippen LogP contribution in [-0.2, 0) is 4.74 Å². The van der Waals surface area contributed by atoms with Gasteiger partial charge < -0.3 is 4.74 Å². The Morgan fingerprint density at radius 1 is 0.952 bits per heavy atom. The zero-order chi connectivity index (χ0) is 15.6. The van der Waals surface area contributed by atoms with Crippen LogP contribution < -0.4 is 0 Å². The maximum Gasteiger partial charge on any atom is 0.455 e. The van der Waals surface area contributed by atoms with Crippen LogP contribution in [0.15, 0.2) is 54.3 Å². The van der Waals surface area contributed by atoms with Gasteiger partial charge in [-0.15, -0.1) is 0 Å². The molecule has 21 heavy (non-hydrogen) atoms. The summed E-state index contributed by atoms with van der Waals surface area (Å²) in [7, 11) is 0. The van der Waals surface area contributed by atoms with Crippen LogP contribution in [-0.4, -0.2) is 12.1 Å². The summed E-state index contributed by atoms with van der Waals surface area (Å²) < 4.78 is 65.0. The molecule has 0 amide bonds. The molecule has 0 saturated carbocycles. The molecule has 2 aromatic carbocycles. The fraction of sp³-hybridized carbons (Fsp3) is 0.0714. The molecule has 0 fully saturated rings. The smallest absolute Gasteiger partial charge is 0.412 e. The monoisotopic (exact) mass is 302 g/mol. The Morgan fingerprint density at radius 3 is 2.14 bits per heavy atom. The Bertz CT molecular complexity index is 715. The first kappa shape index (κ1) is 15.0. The van der Waals surface area contributed by atoms with Crippen molar-refractivity contribution in [1.82, 2.24) is 0 Å². The molecule has 0 N–H and O–H groups in total. The molecule has 0 saturated heterocycles. The van der Waals surface area contributed by atoms with Gasteiger partial charge in [-0.1, -0.05) is 30.3 Å². The van der Waals surface area contributed by atoms with Gasteiger partial charge in [-0.2, -0.15) is 22.0 Å². The molecule has 2 aromatic rings. The van der Waals surface area contributed by atoms with Crippen LogP contribution in [0.5, 0.6) is 0 Å². The van der Waals surface area contributed by atoms with Crippen molar-refractivity contribution in [2.75, 3.05) is 0 Å². The van der Waals surface area contributed by atoms with E-state index in [4.69, 9.17) is 0 Å². The van der Waals surface area contributed by atoms with E-state index < -0.39 is 24.0 Å². The Hall–Kier alpha value is -2.44. The second-order valence-electron chi connectivity index (χ2n) is 4.04. The van der Waals surface area contributed by atoms with Crippen molar-refractivity contribution < 1.29 is 31.5 Å². The molecule has 0 bridgehead atoms. The van der Waals surface area contributed by atoms with Crippen molar-refractivity contribution in [2.45, 2.75) is 6.18 Å². The maximum atomic E-state index is 12.3. The van der Waals surface area contributed by atoms with Gasteiger partial charge in [0.1, 0.15) is 0 Å². The number of carbonyl (C=O) groups excluding carboxylic acids is 1. The number of esters is 1. The molecule has 2 nitrogen and oxygen atoms in total. The van der Waals surface area contributed by atoms with Gasteiger partial charge in [0, 0.05) is 0 Å². The molecule has 0 heterocycles. The fourth-order valence-corrected chi connectivity index (χ4v) is 1.67. The lowest BCUT2D eigenvalue weighted by Gasteiger charge is -2.11. The van der Waals surface area contributed by atoms with E-state index in [0.717, 1.165) is 5.39 Å². The van der Waals surface area contributed by atoms with Gasteiger partial charge in [0.2, 0.25) is 0 Å². The summed E-state index contributed by atoms with van der Waals surface area (Å²) in [5.74, 6) is -4.10. The third kappa shape index (κ3) is 3.36. The SMILES string of the molecule is O=C(OC(=C(F)F)C(F)(F)F)c1ccc2ccccc2c1. The lowest BCUT2D eigenvalue weighted by atomic mass is 10.1. The van der Waals surface area contributed by atoms with Gasteiger partial charge in [-0.3, -0.25) is 0 Å². The van der Waals surface area contributed by atoms with Crippen LogP contribution in [0.1, 0.15) is 10.4 Å². The summed E-state index contributed by atoms with van der Waals surface area (Å²) in [6.45, 7) is 0. The number of ether oxygens (including phenoxy) is 1. The first-order valence-electron chi connectivity index (χ1n) is 5.62. The predicted molar refractivity (Wildman–Crippen MR) is 64.7 cm³/mol. The van der Waals surface area contributed by atoms with Crippen molar-refractivity contribution in [2.24, 2.45) is 0 Å². The number of fused-ring (bicyclic) bond motifs is 1. The minimum atomic E-state index is -5.44. The average Bonchev–Trinajstić information content (AvgIpc) is 2.42. The summed E-state index contributed by atoms with van der Waals surface area (Å²) in [6.07, 6.45) is -8.54. The molecule has 0 aliphatic rings. The van der Waals surface area contributed by atoms with E-state index in [1.165, 1.54) is 18.2 Å². The summed E-state index contributed by atoms with van der Waals surface area (Å²) in [5, 5.41) is 1.32. The van der Waals surface area contributed by atoms with Crippen molar-refractivity contribution >= 4 is 16.7 Å². The molecule has 7 heteroatoms. The fourth-order valence-electron chi connectivity index (χ4n) is 1.67. The van der Waals surface area contributed by atoms with Crippen molar-refractivity contribution in [3.63, 3.8) is 0 Å². The van der Waals surface area contributed by atoms with E-state index in [0.29, 0.717) is 5.39 Å². The first-order valence-corrected chi connectivity index (χ1v) is 5.62. The van der Waals surface area contributed by atoms with Crippen LogP contribution in [0.4, 0.5) is 22.0 Å². The minimum absolute atomic E-state index is 0.253. The van der Waals surface area contributed by atoms with Crippen LogP contribution in [0.25, 0.3) is 10.8 Å². The largest absolute Gasteiger partial charge is 0.455 e. The molecular formula is C14H7F5O2. The summed E-state index contributed by atoms with van der Waals surface area (Å²) in [6, 6.07) is 10.7. The van der Waals surface area contributed by atoms with E-state index >= 15 is 0 Å². The summed E-state index contributed by atoms with van der Waals surface area (Å²) in [4.78, 5) is 11.6. The molecule has 0 aromatic heterocycles. The normalized spacial score (nSPS) is 11.3. The summed E-state index contributed by atoms with van der Waals surface area (Å²) >= 11 is 0. The Morgan fingerprint density at radius 2 is 1.57 bits per heavy atom. The van der Waals surface area contributed by atoms with E-state index in [9.17, 15) is 26.7 Å². The quantitative estimate of drug-likeness (QED) is 0.458. The number of hydrogen-bond acceptors (Lipinski definition) is 2. The second-order valence-corrected chi connectivity index (χ2v) is 4.04. The van der Waals surface area contributed by atoms with Crippen molar-refractivity contribution in [3.05, 3.63) is 59.9 Å². The number of carbonyl (C=O) groups is 1. The van der Waals surface area contributed by atoms with E-state index in [2.05, 4.69) is 4.74 Å². The molecule has 0 radical (unpaired) electrons. The highest BCUT2D eigenvalue weighted by Gasteiger charge is 2.42. The van der Waals surface area contributed by atoms with E-state index in [1.807, 2.05) is 0 Å². The van der Waals surface area contributed by atoms with Crippen LogP contribution in [0.3, 0.4) is 0 Å². The number of hydrogen-bond donors (Lipinski definition) is 0. The molecule has 0 spiro atoms. The van der Waals surface area contributed by atoms with Gasteiger partial charge in [0.05, 0.1) is 5.56 Å². The molecule has 0 atom stereocenters. The lowest BCUT2D eigenvalue weighted by Crippen LogP contribution is -2.19. The van der Waals surface area contributed by atoms with Crippen LogP contribution >= 0.6 is 0 Å². The van der Waals surface area contributed by atoms with Crippen LogP contribution in [0, 0.1) is 0 Å². The highest BCUT2D eigenvalue weighted by Crippen LogP contribution is 2.31. The molecular weight excluding hydrogens is 295 g/mol. The zero-order valence-corrected chi connectivity index (χ0v) is 10.2. The second kappa shape index (κ2) is 5.51. The standard InChI is InChI=1S/C14H7F5O2/c15-12(16)11(14(17,18)19)21-13(20)10-6-5-8-3-1-2-4-9(8)7-10/h1-7H. The topological polar surface area (TPSA) is 26.3 Å². The van der Waals surface area contributed by atoms with Gasteiger partial charge >= 0.3 is 18.2 Å². The number of allylic oxidation sites excluding steroid dienone is 1. The van der Waals surface area contributed by atoms with Gasteiger partial charge in [0.15, 0.2) is 0 Å². The number of halogens is 5. The van der Waals surface area contributed by atoms with E-state index in [1.54, 1.807) is 24.3 Å². The van der Waals surface area contributed by atoms with Gasteiger partial charge in [-0.25, -0.2) is 4.79 Å². The van der Waals surface area contributed by atoms with Gasteiger partial charge in [0.25, 0.3) is 5.76 Å². The zero-order valence-electron chi connectivity index (χ0n) is 10.2. The molecule has 0 aliphatic carbocycles. The summed E-state index contributed by atoms with van der Waals surface area (Å²) in [5.41, 5.74) is -0.253. The first-order chi connectivity index (χ1) is 9.79. The van der Waals surface area contributed by atoms with E-state index in [-0.39, 0.29) is 5.56 Å². The Kier molecular flexibility index (Phi) is 3.93. The minimum Gasteiger partial charge on any atom is -0.412 e. The lowest BCUT2D eigenvalue weighted by molar-refractivity contribution is -0.127. The van der Waals surface area contributed by atoms with Crippen molar-refractivity contribution in [3.8, 4) is 0 Å². The molecule has 0 aliphatic heterocycles. The van der Waals surface area contributed by atoms with Crippen LogP contribution in [0.2, 0.25) is 0 Å². The maximum absolute atomic E-state index is 12.3. The Labute approximate surface area is 115 Å². The number of alkyl halides is 3.